The van der Waals surface area contributed by atoms with Gasteiger partial charge in [0.15, 0.2) is 0 Å². The van der Waals surface area contributed by atoms with Crippen molar-refractivity contribution < 1.29 is 22.8 Å². The van der Waals surface area contributed by atoms with Crippen LogP contribution in [0.4, 0.5) is 18.9 Å². The highest BCUT2D eigenvalue weighted by Gasteiger charge is 2.30. The first-order valence-corrected chi connectivity index (χ1v) is 7.38. The molecule has 0 spiro atoms. The van der Waals surface area contributed by atoms with Crippen LogP contribution in [0.25, 0.3) is 10.9 Å². The van der Waals surface area contributed by atoms with Crippen LogP contribution >= 0.6 is 11.6 Å². The monoisotopic (exact) mass is 370 g/mol. The minimum Gasteiger partial charge on any atom is -0.406 e. The largest absolute Gasteiger partial charge is 0.573 e. The number of non-ortho nitro benzene ring substituents is 1. The lowest BCUT2D eigenvalue weighted by molar-refractivity contribution is -0.384. The van der Waals surface area contributed by atoms with Crippen molar-refractivity contribution in [1.29, 1.82) is 0 Å². The Morgan fingerprint density at radius 3 is 2.44 bits per heavy atom. The lowest BCUT2D eigenvalue weighted by atomic mass is 10.2. The Morgan fingerprint density at radius 1 is 1.16 bits per heavy atom. The molecule has 0 bridgehead atoms. The van der Waals surface area contributed by atoms with Crippen LogP contribution in [-0.4, -0.2) is 15.9 Å². The summed E-state index contributed by atoms with van der Waals surface area (Å²) in [7, 11) is 0. The van der Waals surface area contributed by atoms with Crippen LogP contribution in [0.5, 0.6) is 5.75 Å². The predicted molar refractivity (Wildman–Crippen MR) is 85.8 cm³/mol. The van der Waals surface area contributed by atoms with Gasteiger partial charge in [-0.3, -0.25) is 10.1 Å². The van der Waals surface area contributed by atoms with Crippen LogP contribution in [0.3, 0.4) is 0 Å². The molecule has 1 heterocycles. The zero-order valence-electron chi connectivity index (χ0n) is 12.5. The molecule has 1 aromatic heterocycles. The van der Waals surface area contributed by atoms with Gasteiger partial charge in [0.25, 0.3) is 5.69 Å². The van der Waals surface area contributed by atoms with Crippen molar-refractivity contribution in [1.82, 2.24) is 4.57 Å². The van der Waals surface area contributed by atoms with E-state index in [9.17, 15) is 23.3 Å². The fourth-order valence-electron chi connectivity index (χ4n) is 2.51. The summed E-state index contributed by atoms with van der Waals surface area (Å²) < 4.78 is 42.1. The predicted octanol–water partition coefficient (Wildman–Crippen LogP) is 5.15. The average Bonchev–Trinajstić information content (AvgIpc) is 2.91. The van der Waals surface area contributed by atoms with Gasteiger partial charge in [-0.05, 0) is 23.8 Å². The van der Waals surface area contributed by atoms with Crippen molar-refractivity contribution in [2.24, 2.45) is 0 Å². The Morgan fingerprint density at radius 2 is 1.84 bits per heavy atom. The quantitative estimate of drug-likeness (QED) is 0.471. The SMILES string of the molecule is O=[N+]([O-])c1cc(Cl)c2c(ccn2Cc2ccc(OC(F)(F)F)cc2)c1. The highest BCUT2D eigenvalue weighted by Crippen LogP contribution is 2.30. The normalized spacial score (nSPS) is 11.7. The van der Waals surface area contributed by atoms with Gasteiger partial charge < -0.3 is 9.30 Å². The van der Waals surface area contributed by atoms with Crippen LogP contribution in [0.15, 0.2) is 48.7 Å². The minimum absolute atomic E-state index is 0.107. The third-order valence-electron chi connectivity index (χ3n) is 3.52. The summed E-state index contributed by atoms with van der Waals surface area (Å²) in [5, 5.41) is 11.7. The van der Waals surface area contributed by atoms with E-state index in [0.29, 0.717) is 17.4 Å². The molecule has 0 aliphatic rings. The van der Waals surface area contributed by atoms with E-state index in [0.717, 1.165) is 5.56 Å². The molecule has 0 radical (unpaired) electrons. The molecule has 0 atom stereocenters. The maximum atomic E-state index is 12.2. The number of aromatic nitrogens is 1. The third-order valence-corrected chi connectivity index (χ3v) is 3.81. The lowest BCUT2D eigenvalue weighted by Gasteiger charge is -2.10. The molecule has 5 nitrogen and oxygen atoms in total. The van der Waals surface area contributed by atoms with Crippen LogP contribution in [0, 0.1) is 10.1 Å². The maximum absolute atomic E-state index is 12.2. The molecule has 0 amide bonds. The van der Waals surface area contributed by atoms with Gasteiger partial charge in [-0.2, -0.15) is 0 Å². The van der Waals surface area contributed by atoms with Gasteiger partial charge in [0.05, 0.1) is 15.5 Å². The molecule has 25 heavy (non-hydrogen) atoms. The van der Waals surface area contributed by atoms with Gasteiger partial charge in [0.2, 0.25) is 0 Å². The second-order valence-corrected chi connectivity index (χ2v) is 5.67. The second-order valence-electron chi connectivity index (χ2n) is 5.26. The topological polar surface area (TPSA) is 57.3 Å². The van der Waals surface area contributed by atoms with Crippen molar-refractivity contribution >= 4 is 28.2 Å². The molecule has 3 aromatic rings. The molecule has 0 saturated heterocycles. The van der Waals surface area contributed by atoms with Crippen molar-refractivity contribution in [3.8, 4) is 5.75 Å². The van der Waals surface area contributed by atoms with Gasteiger partial charge >= 0.3 is 6.36 Å². The summed E-state index contributed by atoms with van der Waals surface area (Å²) in [6.45, 7) is 0.341. The van der Waals surface area contributed by atoms with E-state index in [1.165, 1.54) is 36.4 Å². The first kappa shape index (κ1) is 17.1. The van der Waals surface area contributed by atoms with E-state index in [-0.39, 0.29) is 16.5 Å². The molecule has 2 aromatic carbocycles. The lowest BCUT2D eigenvalue weighted by Crippen LogP contribution is -2.17. The molecule has 0 aliphatic heterocycles. The molecule has 0 N–H and O–H groups in total. The summed E-state index contributed by atoms with van der Waals surface area (Å²) in [6.07, 6.45) is -3.03. The minimum atomic E-state index is -4.74. The van der Waals surface area contributed by atoms with Gasteiger partial charge in [0, 0.05) is 30.3 Å². The summed E-state index contributed by atoms with van der Waals surface area (Å²) >= 11 is 6.15. The maximum Gasteiger partial charge on any atom is 0.573 e. The third kappa shape index (κ3) is 3.85. The molecule has 3 rings (SSSR count). The number of hydrogen-bond donors (Lipinski definition) is 0. The number of alkyl halides is 3. The Kier molecular flexibility index (Phi) is 4.30. The average molecular weight is 371 g/mol. The van der Waals surface area contributed by atoms with Crippen LogP contribution in [0.1, 0.15) is 5.56 Å². The Balaban J connectivity index is 1.87. The number of nitro benzene ring substituents is 1. The zero-order valence-corrected chi connectivity index (χ0v) is 13.2. The number of nitro groups is 1. The standard InChI is InChI=1S/C16H10ClF3N2O3/c17-14-8-12(22(23)24)7-11-5-6-21(15(11)14)9-10-1-3-13(4-2-10)25-16(18,19)20/h1-8H,9H2. The highest BCUT2D eigenvalue weighted by molar-refractivity contribution is 6.35. The highest BCUT2D eigenvalue weighted by atomic mass is 35.5. The Labute approximate surface area is 144 Å². The molecule has 130 valence electrons. The second kappa shape index (κ2) is 6.29. The van der Waals surface area contributed by atoms with E-state index >= 15 is 0 Å². The fraction of sp³-hybridized carbons (Fsp3) is 0.125. The van der Waals surface area contributed by atoms with Crippen molar-refractivity contribution in [3.05, 3.63) is 69.4 Å². The molecule has 0 unspecified atom stereocenters. The van der Waals surface area contributed by atoms with E-state index in [1.807, 2.05) is 0 Å². The van der Waals surface area contributed by atoms with Crippen molar-refractivity contribution in [2.45, 2.75) is 12.9 Å². The van der Waals surface area contributed by atoms with E-state index in [1.54, 1.807) is 16.8 Å². The van der Waals surface area contributed by atoms with Crippen LogP contribution in [-0.2, 0) is 6.54 Å². The number of benzene rings is 2. The summed E-state index contributed by atoms with van der Waals surface area (Å²) in [4.78, 5) is 10.3. The van der Waals surface area contributed by atoms with Crippen molar-refractivity contribution in [2.75, 3.05) is 0 Å². The first-order chi connectivity index (χ1) is 11.7. The molecule has 0 fully saturated rings. The molecule has 9 heteroatoms. The van der Waals surface area contributed by atoms with E-state index in [2.05, 4.69) is 4.74 Å². The molecule has 0 saturated carbocycles. The van der Waals surface area contributed by atoms with Crippen molar-refractivity contribution in [3.63, 3.8) is 0 Å². The number of nitrogens with zero attached hydrogens (tertiary/aromatic N) is 2. The number of rotatable bonds is 4. The molecule has 0 aliphatic carbocycles. The van der Waals surface area contributed by atoms with Crippen LogP contribution < -0.4 is 4.74 Å². The van der Waals surface area contributed by atoms with E-state index < -0.39 is 11.3 Å². The number of fused-ring (bicyclic) bond motifs is 1. The van der Waals surface area contributed by atoms with Crippen LogP contribution in [0.2, 0.25) is 5.02 Å². The fourth-order valence-corrected chi connectivity index (χ4v) is 2.84. The smallest absolute Gasteiger partial charge is 0.406 e. The van der Waals surface area contributed by atoms with Gasteiger partial charge in [0.1, 0.15) is 5.75 Å². The zero-order chi connectivity index (χ0) is 18.2. The van der Waals surface area contributed by atoms with Gasteiger partial charge in [-0.1, -0.05) is 23.7 Å². The Bertz CT molecular complexity index is 936. The summed E-state index contributed by atoms with van der Waals surface area (Å²) in [5.74, 6) is -0.303. The van der Waals surface area contributed by atoms with E-state index in [4.69, 9.17) is 11.6 Å². The first-order valence-electron chi connectivity index (χ1n) is 7.00. The summed E-state index contributed by atoms with van der Waals surface area (Å²) in [5.41, 5.74) is 1.23. The number of ether oxygens (including phenoxy) is 1. The number of hydrogen-bond acceptors (Lipinski definition) is 3. The molecular formula is C16H10ClF3N2O3. The van der Waals surface area contributed by atoms with Gasteiger partial charge in [-0.15, -0.1) is 13.2 Å². The molecular weight excluding hydrogens is 361 g/mol. The summed E-state index contributed by atoms with van der Waals surface area (Å²) in [6, 6.07) is 9.83. The number of halogens is 4. The Hall–Kier alpha value is -2.74. The van der Waals surface area contributed by atoms with Gasteiger partial charge in [-0.25, -0.2) is 0 Å².